The summed E-state index contributed by atoms with van der Waals surface area (Å²) in [6, 6.07) is 13.9. The van der Waals surface area contributed by atoms with Crippen LogP contribution in [0.5, 0.6) is 0 Å². The summed E-state index contributed by atoms with van der Waals surface area (Å²) in [5.74, 6) is -1.26. The minimum absolute atomic E-state index is 0.0319. The number of aliphatic carboxylic acids is 1. The number of carbonyl (C=O) groups is 1. The number of aliphatic hydroxyl groups is 1. The van der Waals surface area contributed by atoms with Crippen LogP contribution in [0.2, 0.25) is 0 Å². The number of nitro groups is 1. The van der Waals surface area contributed by atoms with E-state index in [0.29, 0.717) is 10.9 Å². The Bertz CT molecular complexity index is 719. The van der Waals surface area contributed by atoms with Crippen molar-refractivity contribution in [2.24, 2.45) is 0 Å². The van der Waals surface area contributed by atoms with Gasteiger partial charge < -0.3 is 0 Å². The quantitative estimate of drug-likeness (QED) is 0.426. The van der Waals surface area contributed by atoms with Crippen LogP contribution in [0.1, 0.15) is 11.1 Å². The molecule has 2 rings (SSSR count). The summed E-state index contributed by atoms with van der Waals surface area (Å²) in [7, 11) is 0. The Morgan fingerprint density at radius 1 is 1.13 bits per heavy atom. The predicted molar refractivity (Wildman–Crippen MR) is 86.0 cm³/mol. The number of aliphatic hydroxyl groups excluding tert-OH is 1. The van der Waals surface area contributed by atoms with Gasteiger partial charge in [0.1, 0.15) is 0 Å². The number of carboxylic acids is 1. The normalized spacial score (nSPS) is 11.9. The van der Waals surface area contributed by atoms with Crippen molar-refractivity contribution in [2.45, 2.75) is 17.8 Å². The van der Waals surface area contributed by atoms with E-state index < -0.39 is 17.0 Å². The molecule has 0 fully saturated rings. The van der Waals surface area contributed by atoms with Crippen LogP contribution in [-0.4, -0.2) is 42.2 Å². The summed E-state index contributed by atoms with van der Waals surface area (Å²) in [6.07, 6.45) is -1.41. The molecule has 6 nitrogen and oxygen atoms in total. The zero-order chi connectivity index (χ0) is 16.8. The van der Waals surface area contributed by atoms with E-state index in [1.165, 1.54) is 6.07 Å². The average Bonchev–Trinajstić information content (AvgIpc) is 2.54. The van der Waals surface area contributed by atoms with E-state index in [-0.39, 0.29) is 27.1 Å². The third-order valence-corrected chi connectivity index (χ3v) is 5.69. The van der Waals surface area contributed by atoms with Gasteiger partial charge in [-0.3, -0.25) is 0 Å². The Hall–Kier alpha value is -2.21. The van der Waals surface area contributed by atoms with Gasteiger partial charge in [0.05, 0.1) is 0 Å². The van der Waals surface area contributed by atoms with Gasteiger partial charge in [-0.25, -0.2) is 0 Å². The SMILES string of the molecule is O=C(O)[C@@H](O)Cc1ccccc1[Se]Cc1ccccc1[N+](=O)[O-]. The molecule has 0 aliphatic heterocycles. The Labute approximate surface area is 139 Å². The molecule has 0 amide bonds. The molecule has 1 atom stereocenters. The Balaban J connectivity index is 2.15. The molecular weight excluding hydrogens is 365 g/mol. The summed E-state index contributed by atoms with van der Waals surface area (Å²) in [5, 5.41) is 29.9. The molecule has 0 bridgehead atoms. The molecule has 2 aromatic carbocycles. The van der Waals surface area contributed by atoms with Crippen molar-refractivity contribution in [3.63, 3.8) is 0 Å². The van der Waals surface area contributed by atoms with Crippen molar-refractivity contribution in [2.75, 3.05) is 0 Å². The fraction of sp³-hybridized carbons (Fsp3) is 0.188. The van der Waals surface area contributed by atoms with Gasteiger partial charge in [-0.05, 0) is 0 Å². The number of rotatable bonds is 7. The fourth-order valence-electron chi connectivity index (χ4n) is 2.08. The Morgan fingerprint density at radius 2 is 1.74 bits per heavy atom. The van der Waals surface area contributed by atoms with Gasteiger partial charge in [-0.15, -0.1) is 0 Å². The van der Waals surface area contributed by atoms with Crippen LogP contribution >= 0.6 is 0 Å². The number of carboxylic acid groups (broad SMARTS) is 1. The minimum atomic E-state index is -1.45. The molecular formula is C16H15NO5Se. The van der Waals surface area contributed by atoms with Crippen molar-refractivity contribution >= 4 is 31.1 Å². The topological polar surface area (TPSA) is 101 Å². The summed E-state index contributed by atoms with van der Waals surface area (Å²) in [4.78, 5) is 21.4. The second-order valence-corrected chi connectivity index (χ2v) is 6.97. The molecule has 0 saturated heterocycles. The molecule has 2 N–H and O–H groups in total. The third-order valence-electron chi connectivity index (χ3n) is 3.24. The maximum atomic E-state index is 11.0. The van der Waals surface area contributed by atoms with Gasteiger partial charge in [0.2, 0.25) is 0 Å². The zero-order valence-corrected chi connectivity index (χ0v) is 13.8. The standard InChI is InChI=1S/C16H15NO5Se/c18-14(16(19)20)9-11-5-2-4-8-15(11)23-10-12-6-1-3-7-13(12)17(21)22/h1-8,14,18H,9-10H2,(H,19,20)/t14-/m0/s1. The molecule has 0 aliphatic carbocycles. The predicted octanol–water partition coefficient (Wildman–Crippen LogP) is 1.11. The fourth-order valence-corrected chi connectivity index (χ4v) is 4.31. The zero-order valence-electron chi connectivity index (χ0n) is 12.1. The molecule has 0 spiro atoms. The van der Waals surface area contributed by atoms with Crippen LogP contribution < -0.4 is 4.46 Å². The monoisotopic (exact) mass is 381 g/mol. The second kappa shape index (κ2) is 7.87. The van der Waals surface area contributed by atoms with Crippen LogP contribution in [0.25, 0.3) is 0 Å². The number of benzene rings is 2. The van der Waals surface area contributed by atoms with Gasteiger partial charge in [-0.2, -0.15) is 0 Å². The number of nitro benzene ring substituents is 1. The summed E-state index contributed by atoms with van der Waals surface area (Å²) in [5.41, 5.74) is 1.52. The summed E-state index contributed by atoms with van der Waals surface area (Å²) in [6.45, 7) is 0. The van der Waals surface area contributed by atoms with Gasteiger partial charge in [0, 0.05) is 0 Å². The van der Waals surface area contributed by atoms with E-state index in [2.05, 4.69) is 0 Å². The molecule has 7 heteroatoms. The van der Waals surface area contributed by atoms with Gasteiger partial charge in [0.25, 0.3) is 0 Å². The molecule has 0 aliphatic rings. The first-order chi connectivity index (χ1) is 11.0. The van der Waals surface area contributed by atoms with Crippen molar-refractivity contribution in [3.05, 3.63) is 69.8 Å². The number of nitrogens with zero attached hydrogens (tertiary/aromatic N) is 1. The van der Waals surface area contributed by atoms with Gasteiger partial charge in [-0.1, -0.05) is 0 Å². The van der Waals surface area contributed by atoms with Crippen LogP contribution in [-0.2, 0) is 16.5 Å². The maximum absolute atomic E-state index is 11.0. The Morgan fingerprint density at radius 3 is 2.39 bits per heavy atom. The molecule has 23 heavy (non-hydrogen) atoms. The number of hydrogen-bond donors (Lipinski definition) is 2. The molecule has 0 unspecified atom stereocenters. The van der Waals surface area contributed by atoms with Crippen molar-refractivity contribution < 1.29 is 19.9 Å². The third kappa shape index (κ3) is 4.63. The van der Waals surface area contributed by atoms with E-state index in [4.69, 9.17) is 5.11 Å². The molecule has 120 valence electrons. The van der Waals surface area contributed by atoms with Crippen LogP contribution in [0.3, 0.4) is 0 Å². The van der Waals surface area contributed by atoms with Crippen LogP contribution in [0, 0.1) is 10.1 Å². The number of hydrogen-bond acceptors (Lipinski definition) is 4. The Kier molecular flexibility index (Phi) is 5.87. The van der Waals surface area contributed by atoms with Crippen LogP contribution in [0.15, 0.2) is 48.5 Å². The van der Waals surface area contributed by atoms with E-state index >= 15 is 0 Å². The molecule has 0 saturated carbocycles. The van der Waals surface area contributed by atoms with Crippen molar-refractivity contribution in [1.82, 2.24) is 0 Å². The van der Waals surface area contributed by atoms with Gasteiger partial charge >= 0.3 is 139 Å². The molecule has 2 aromatic rings. The average molecular weight is 380 g/mol. The molecule has 0 radical (unpaired) electrons. The second-order valence-electron chi connectivity index (χ2n) is 4.84. The van der Waals surface area contributed by atoms with E-state index in [9.17, 15) is 20.0 Å². The first kappa shape index (κ1) is 17.1. The van der Waals surface area contributed by atoms with E-state index in [0.717, 1.165) is 10.0 Å². The van der Waals surface area contributed by atoms with Crippen molar-refractivity contribution in [3.8, 4) is 0 Å². The van der Waals surface area contributed by atoms with E-state index in [1.54, 1.807) is 30.3 Å². The number of para-hydroxylation sites is 1. The molecule has 0 aromatic heterocycles. The first-order valence-electron chi connectivity index (χ1n) is 6.83. The van der Waals surface area contributed by atoms with Gasteiger partial charge in [0.15, 0.2) is 0 Å². The summed E-state index contributed by atoms with van der Waals surface area (Å²) >= 11 is -0.0963. The van der Waals surface area contributed by atoms with E-state index in [1.807, 2.05) is 12.1 Å². The van der Waals surface area contributed by atoms with Crippen LogP contribution in [0.4, 0.5) is 5.69 Å². The van der Waals surface area contributed by atoms with Crippen molar-refractivity contribution in [1.29, 1.82) is 0 Å². The summed E-state index contributed by atoms with van der Waals surface area (Å²) < 4.78 is 0.943. The first-order valence-corrected chi connectivity index (χ1v) is 8.89. The molecule has 0 heterocycles.